The molecule has 7 nitrogen and oxygen atoms in total. The zero-order valence-electron chi connectivity index (χ0n) is 19.8. The summed E-state index contributed by atoms with van der Waals surface area (Å²) in [6.07, 6.45) is 1.59. The summed E-state index contributed by atoms with van der Waals surface area (Å²) in [6, 6.07) is 23.2. The van der Waals surface area contributed by atoms with Crippen LogP contribution in [-0.4, -0.2) is 30.8 Å². The van der Waals surface area contributed by atoms with Gasteiger partial charge in [-0.3, -0.25) is 4.79 Å². The molecule has 0 unspecified atom stereocenters. The molecule has 34 heavy (non-hydrogen) atoms. The van der Waals surface area contributed by atoms with E-state index in [1.54, 1.807) is 18.3 Å². The fourth-order valence-electron chi connectivity index (χ4n) is 3.58. The molecule has 0 saturated carbocycles. The molecule has 2 aromatic carbocycles. The number of aryl methyl sites for hydroxylation is 2. The molecule has 0 atom stereocenters. The van der Waals surface area contributed by atoms with Crippen molar-refractivity contribution in [1.29, 1.82) is 0 Å². The smallest absolute Gasteiger partial charge is 0.307 e. The van der Waals surface area contributed by atoms with Gasteiger partial charge in [-0.25, -0.2) is 5.43 Å². The number of benzene rings is 2. The lowest BCUT2D eigenvalue weighted by Crippen LogP contribution is -2.16. The van der Waals surface area contributed by atoms with Crippen molar-refractivity contribution in [2.24, 2.45) is 5.10 Å². The third-order valence-electron chi connectivity index (χ3n) is 5.42. The Labute approximate surface area is 199 Å². The monoisotopic (exact) mass is 456 g/mol. The van der Waals surface area contributed by atoms with Gasteiger partial charge in [-0.1, -0.05) is 12.1 Å². The number of rotatable bonds is 8. The van der Waals surface area contributed by atoms with Gasteiger partial charge in [0.2, 0.25) is 0 Å². The minimum absolute atomic E-state index is 0.174. The maximum absolute atomic E-state index is 12.3. The Kier molecular flexibility index (Phi) is 6.82. The van der Waals surface area contributed by atoms with Crippen LogP contribution < -0.4 is 15.1 Å². The number of hydrogen-bond donors (Lipinski definition) is 1. The van der Waals surface area contributed by atoms with Crippen LogP contribution in [0.25, 0.3) is 5.69 Å². The fraction of sp³-hybridized carbons (Fsp3) is 0.185. The zero-order chi connectivity index (χ0) is 24.1. The molecule has 1 N–H and O–H groups in total. The zero-order valence-corrected chi connectivity index (χ0v) is 19.8. The third-order valence-corrected chi connectivity index (χ3v) is 5.42. The van der Waals surface area contributed by atoms with E-state index in [0.717, 1.165) is 22.7 Å². The summed E-state index contributed by atoms with van der Waals surface area (Å²) < 4.78 is 13.6. The number of aromatic nitrogens is 1. The largest absolute Gasteiger partial charge is 0.486 e. The first-order valence-electron chi connectivity index (χ1n) is 11.0. The van der Waals surface area contributed by atoms with E-state index in [1.807, 2.05) is 67.5 Å². The number of nitrogens with zero attached hydrogens (tertiary/aromatic N) is 3. The second kappa shape index (κ2) is 10.1. The summed E-state index contributed by atoms with van der Waals surface area (Å²) in [5.74, 6) is 1.02. The van der Waals surface area contributed by atoms with Crippen LogP contribution >= 0.6 is 0 Å². The van der Waals surface area contributed by atoms with Crippen LogP contribution in [0.1, 0.15) is 33.3 Å². The SMILES string of the molecule is Cc1ccc(C)n1-c1ccc(OCc2ccc(C(=O)N/N=C/c3ccc(N(C)C)cc3)o2)cc1. The lowest BCUT2D eigenvalue weighted by molar-refractivity contribution is 0.0923. The minimum atomic E-state index is -0.422. The number of nitrogens with one attached hydrogen (secondary N) is 1. The highest BCUT2D eigenvalue weighted by molar-refractivity contribution is 5.92. The molecule has 0 fully saturated rings. The van der Waals surface area contributed by atoms with E-state index in [1.165, 1.54) is 11.4 Å². The van der Waals surface area contributed by atoms with Gasteiger partial charge in [0, 0.05) is 36.9 Å². The summed E-state index contributed by atoms with van der Waals surface area (Å²) in [5.41, 5.74) is 7.90. The van der Waals surface area contributed by atoms with Crippen LogP contribution in [0.2, 0.25) is 0 Å². The summed E-state index contributed by atoms with van der Waals surface area (Å²) in [4.78, 5) is 14.3. The average molecular weight is 457 g/mol. The average Bonchev–Trinajstić information content (AvgIpc) is 3.45. The first kappa shape index (κ1) is 22.9. The lowest BCUT2D eigenvalue weighted by atomic mass is 10.2. The van der Waals surface area contributed by atoms with Crippen LogP contribution in [-0.2, 0) is 6.61 Å². The van der Waals surface area contributed by atoms with E-state index in [4.69, 9.17) is 9.15 Å². The Bertz CT molecular complexity index is 1260. The van der Waals surface area contributed by atoms with Crippen LogP contribution in [0.3, 0.4) is 0 Å². The van der Waals surface area contributed by atoms with Gasteiger partial charge in [-0.15, -0.1) is 0 Å². The highest BCUT2D eigenvalue weighted by Crippen LogP contribution is 2.21. The molecule has 0 aliphatic heterocycles. The summed E-state index contributed by atoms with van der Waals surface area (Å²) in [6.45, 7) is 4.38. The Morgan fingerprint density at radius 1 is 0.971 bits per heavy atom. The molecule has 0 aliphatic carbocycles. The van der Waals surface area contributed by atoms with Gasteiger partial charge < -0.3 is 18.6 Å². The van der Waals surface area contributed by atoms with Crippen molar-refractivity contribution < 1.29 is 13.9 Å². The molecule has 0 radical (unpaired) electrons. The van der Waals surface area contributed by atoms with Crippen LogP contribution in [0.15, 0.2) is 82.3 Å². The van der Waals surface area contributed by atoms with Crippen molar-refractivity contribution in [3.8, 4) is 11.4 Å². The number of carbonyl (C=O) groups excluding carboxylic acids is 1. The van der Waals surface area contributed by atoms with Gasteiger partial charge >= 0.3 is 5.91 Å². The Hall–Kier alpha value is -4.26. The molecule has 2 heterocycles. The van der Waals surface area contributed by atoms with Crippen LogP contribution in [0.4, 0.5) is 5.69 Å². The van der Waals surface area contributed by atoms with Crippen molar-refractivity contribution in [2.45, 2.75) is 20.5 Å². The fourth-order valence-corrected chi connectivity index (χ4v) is 3.58. The quantitative estimate of drug-likeness (QED) is 0.296. The lowest BCUT2D eigenvalue weighted by Gasteiger charge is -2.11. The van der Waals surface area contributed by atoms with E-state index < -0.39 is 5.91 Å². The first-order chi connectivity index (χ1) is 16.4. The predicted octanol–water partition coefficient (Wildman–Crippen LogP) is 5.10. The second-order valence-electron chi connectivity index (χ2n) is 8.19. The third kappa shape index (κ3) is 5.38. The highest BCUT2D eigenvalue weighted by atomic mass is 16.5. The molecule has 0 spiro atoms. The first-order valence-corrected chi connectivity index (χ1v) is 11.0. The number of anilines is 1. The van der Waals surface area contributed by atoms with E-state index in [2.05, 4.69) is 41.1 Å². The molecule has 1 amide bonds. The van der Waals surface area contributed by atoms with E-state index in [9.17, 15) is 4.79 Å². The Balaban J connectivity index is 1.29. The van der Waals surface area contributed by atoms with E-state index >= 15 is 0 Å². The minimum Gasteiger partial charge on any atom is -0.486 e. The molecule has 7 heteroatoms. The standard InChI is InChI=1S/C27H28N4O3/c1-19-5-6-20(2)31(19)23-11-13-24(14-12-23)33-18-25-15-16-26(34-25)27(32)29-28-17-21-7-9-22(10-8-21)30(3)4/h5-17H,18H2,1-4H3,(H,29,32)/b28-17+. The molecule has 4 rings (SSSR count). The Morgan fingerprint density at radius 2 is 1.65 bits per heavy atom. The van der Waals surface area contributed by atoms with Gasteiger partial charge in [0.15, 0.2) is 5.76 Å². The van der Waals surface area contributed by atoms with Crippen molar-refractivity contribution in [3.63, 3.8) is 0 Å². The normalized spacial score (nSPS) is 11.1. The predicted molar refractivity (Wildman–Crippen MR) is 134 cm³/mol. The maximum atomic E-state index is 12.3. The van der Waals surface area contributed by atoms with E-state index in [0.29, 0.717) is 5.76 Å². The van der Waals surface area contributed by atoms with Gasteiger partial charge in [0.1, 0.15) is 18.1 Å². The molecule has 0 saturated heterocycles. The van der Waals surface area contributed by atoms with Gasteiger partial charge in [0.25, 0.3) is 0 Å². The molecular formula is C27H28N4O3. The van der Waals surface area contributed by atoms with Gasteiger partial charge in [-0.05, 0) is 80.1 Å². The number of carbonyl (C=O) groups is 1. The van der Waals surface area contributed by atoms with Gasteiger partial charge in [-0.2, -0.15) is 5.10 Å². The highest BCUT2D eigenvalue weighted by Gasteiger charge is 2.11. The van der Waals surface area contributed by atoms with E-state index in [-0.39, 0.29) is 12.4 Å². The number of ether oxygens (including phenoxy) is 1. The molecule has 0 aliphatic rings. The number of amides is 1. The maximum Gasteiger partial charge on any atom is 0.307 e. The second-order valence-corrected chi connectivity index (χ2v) is 8.19. The van der Waals surface area contributed by atoms with Crippen LogP contribution in [0.5, 0.6) is 5.75 Å². The summed E-state index contributed by atoms with van der Waals surface area (Å²) >= 11 is 0. The number of hydrazone groups is 1. The molecule has 0 bridgehead atoms. The number of furan rings is 1. The Morgan fingerprint density at radius 3 is 2.29 bits per heavy atom. The summed E-state index contributed by atoms with van der Waals surface area (Å²) in [5, 5.41) is 4.01. The van der Waals surface area contributed by atoms with Crippen molar-refractivity contribution in [1.82, 2.24) is 9.99 Å². The molecule has 4 aromatic rings. The molecule has 2 aromatic heterocycles. The topological polar surface area (TPSA) is 72.0 Å². The summed E-state index contributed by atoms with van der Waals surface area (Å²) in [7, 11) is 3.96. The van der Waals surface area contributed by atoms with Crippen molar-refractivity contribution in [2.75, 3.05) is 19.0 Å². The van der Waals surface area contributed by atoms with Crippen LogP contribution in [0, 0.1) is 13.8 Å². The van der Waals surface area contributed by atoms with Gasteiger partial charge in [0.05, 0.1) is 6.21 Å². The number of hydrogen-bond acceptors (Lipinski definition) is 5. The molecular weight excluding hydrogens is 428 g/mol. The van der Waals surface area contributed by atoms with Crippen molar-refractivity contribution >= 4 is 17.8 Å². The molecule has 174 valence electrons. The van der Waals surface area contributed by atoms with Crippen molar-refractivity contribution in [3.05, 3.63) is 101 Å².